The number of hydrogen-bond acceptors (Lipinski definition) is 2. The molecule has 1 unspecified atom stereocenters. The molecule has 1 aromatic carbocycles. The molecule has 0 bridgehead atoms. The van der Waals surface area contributed by atoms with Crippen molar-refractivity contribution in [2.24, 2.45) is 5.92 Å². The second kappa shape index (κ2) is 12.3. The normalized spacial score (nSPS) is 15.7. The lowest BCUT2D eigenvalue weighted by atomic mass is 10.0. The van der Waals surface area contributed by atoms with Gasteiger partial charge in [0.15, 0.2) is 0 Å². The summed E-state index contributed by atoms with van der Waals surface area (Å²) in [4.78, 5) is 23.8. The van der Waals surface area contributed by atoms with Gasteiger partial charge in [0, 0.05) is 12.2 Å². The molecule has 5 heteroatoms. The number of halogens is 1. The second-order valence-corrected chi connectivity index (χ2v) is 8.15. The first-order valence-corrected chi connectivity index (χ1v) is 11.5. The first kappa shape index (κ1) is 25.4. The number of nitrogens with zero attached hydrogens (tertiary/aromatic N) is 1. The van der Waals surface area contributed by atoms with Crippen LogP contribution in [-0.4, -0.2) is 15.6 Å². The molecule has 1 heterocycles. The van der Waals surface area contributed by atoms with E-state index in [9.17, 15) is 9.59 Å². The average Bonchev–Trinajstić information content (AvgIpc) is 3.00. The minimum Gasteiger partial charge on any atom is -0.478 e. The number of allylic oxidation sites excluding steroid dienone is 5. The molecule has 0 fully saturated rings. The smallest absolute Gasteiger partial charge is 0.335 e. The van der Waals surface area contributed by atoms with Gasteiger partial charge in [-0.2, -0.15) is 0 Å². The number of aryl methyl sites for hydroxylation is 2. The molecule has 0 radical (unpaired) electrons. The Labute approximate surface area is 195 Å². The number of rotatable bonds is 6. The van der Waals surface area contributed by atoms with Gasteiger partial charge in [-0.05, 0) is 73.1 Å². The molecule has 0 amide bonds. The molecule has 1 aliphatic carbocycles. The Balaban J connectivity index is 0.00000176. The van der Waals surface area contributed by atoms with Crippen LogP contribution < -0.4 is 5.56 Å². The van der Waals surface area contributed by atoms with Gasteiger partial charge in [0.05, 0.1) is 5.56 Å². The van der Waals surface area contributed by atoms with Crippen molar-refractivity contribution in [2.75, 3.05) is 0 Å². The summed E-state index contributed by atoms with van der Waals surface area (Å²) in [6.45, 7) is 8.62. The minimum atomic E-state index is -0.951. The summed E-state index contributed by atoms with van der Waals surface area (Å²) in [5.41, 5.74) is 4.01. The maximum Gasteiger partial charge on any atom is 0.335 e. The molecule has 4 nitrogen and oxygen atoms in total. The summed E-state index contributed by atoms with van der Waals surface area (Å²) < 4.78 is 1.70. The third-order valence-electron chi connectivity index (χ3n) is 5.41. The number of carbonyl (C=O) groups is 1. The van der Waals surface area contributed by atoms with Crippen LogP contribution in [0.5, 0.6) is 0 Å². The third-order valence-corrected chi connectivity index (χ3v) is 5.68. The number of pyridine rings is 1. The van der Waals surface area contributed by atoms with Crippen LogP contribution in [0.3, 0.4) is 0 Å². The fourth-order valence-electron chi connectivity index (χ4n) is 3.54. The van der Waals surface area contributed by atoms with E-state index >= 15 is 0 Å². The van der Waals surface area contributed by atoms with E-state index < -0.39 is 5.97 Å². The monoisotopic (exact) mass is 453 g/mol. The summed E-state index contributed by atoms with van der Waals surface area (Å²) in [7, 11) is 0. The quantitative estimate of drug-likeness (QED) is 0.529. The summed E-state index contributed by atoms with van der Waals surface area (Å²) in [5, 5.41) is 9.24. The topological polar surface area (TPSA) is 59.3 Å². The lowest BCUT2D eigenvalue weighted by molar-refractivity contribution is 0.0697. The van der Waals surface area contributed by atoms with E-state index in [1.165, 1.54) is 5.57 Å². The van der Waals surface area contributed by atoms with Crippen molar-refractivity contribution in [1.82, 2.24) is 4.57 Å². The zero-order chi connectivity index (χ0) is 23.7. The van der Waals surface area contributed by atoms with Gasteiger partial charge in [0.25, 0.3) is 5.56 Å². The minimum absolute atomic E-state index is 0.205. The molecular weight excluding hydrogens is 422 g/mol. The third kappa shape index (κ3) is 6.83. The van der Waals surface area contributed by atoms with Gasteiger partial charge in [-0.3, -0.25) is 4.79 Å². The van der Waals surface area contributed by atoms with Crippen molar-refractivity contribution >= 4 is 23.6 Å². The molecule has 0 saturated heterocycles. The second-order valence-electron chi connectivity index (χ2n) is 7.75. The first-order valence-electron chi connectivity index (χ1n) is 11.1. The van der Waals surface area contributed by atoms with Crippen LogP contribution in [-0.2, 0) is 13.0 Å². The van der Waals surface area contributed by atoms with E-state index in [1.807, 2.05) is 26.8 Å². The molecule has 170 valence electrons. The zero-order valence-electron chi connectivity index (χ0n) is 19.3. The van der Waals surface area contributed by atoms with Crippen molar-refractivity contribution in [1.29, 1.82) is 0 Å². The molecule has 1 N–H and O–H groups in total. The van der Waals surface area contributed by atoms with Gasteiger partial charge in [-0.25, -0.2) is 4.79 Å². The highest BCUT2D eigenvalue weighted by Crippen LogP contribution is 2.21. The molecule has 32 heavy (non-hydrogen) atoms. The van der Waals surface area contributed by atoms with Gasteiger partial charge < -0.3 is 9.67 Å². The molecule has 1 atom stereocenters. The SMILES string of the molecule is CC.Cc1cc(Cl)c(=O)n(CCc2ccc(C(=O)O)cc2)c1/C=C/C1=CC=CC(C)CC1. The molecule has 1 aliphatic rings. The van der Waals surface area contributed by atoms with Crippen LogP contribution in [0.15, 0.2) is 65.0 Å². The van der Waals surface area contributed by atoms with E-state index in [0.717, 1.165) is 29.7 Å². The summed E-state index contributed by atoms with van der Waals surface area (Å²) in [6.07, 6.45) is 13.2. The van der Waals surface area contributed by atoms with Crippen LogP contribution in [0, 0.1) is 12.8 Å². The van der Waals surface area contributed by atoms with Crippen molar-refractivity contribution in [3.63, 3.8) is 0 Å². The highest BCUT2D eigenvalue weighted by Gasteiger charge is 2.11. The number of benzene rings is 1. The molecule has 0 spiro atoms. The molecule has 2 aromatic rings. The lowest BCUT2D eigenvalue weighted by Crippen LogP contribution is -2.24. The Morgan fingerprint density at radius 1 is 1.22 bits per heavy atom. The Morgan fingerprint density at radius 3 is 2.56 bits per heavy atom. The number of carboxylic acids is 1. The van der Waals surface area contributed by atoms with Gasteiger partial charge in [-0.1, -0.05) is 68.8 Å². The predicted octanol–water partition coefficient (Wildman–Crippen LogP) is 6.70. The molecule has 1 aromatic heterocycles. The number of aromatic carboxylic acids is 1. The summed E-state index contributed by atoms with van der Waals surface area (Å²) >= 11 is 6.17. The summed E-state index contributed by atoms with van der Waals surface area (Å²) in [6, 6.07) is 8.44. The highest BCUT2D eigenvalue weighted by molar-refractivity contribution is 6.30. The Bertz CT molecular complexity index is 1080. The predicted molar refractivity (Wildman–Crippen MR) is 134 cm³/mol. The zero-order valence-corrected chi connectivity index (χ0v) is 20.0. The van der Waals surface area contributed by atoms with Gasteiger partial charge >= 0.3 is 5.97 Å². The summed E-state index contributed by atoms with van der Waals surface area (Å²) in [5.74, 6) is -0.386. The highest BCUT2D eigenvalue weighted by atomic mass is 35.5. The van der Waals surface area contributed by atoms with E-state index in [4.69, 9.17) is 16.7 Å². The maximum atomic E-state index is 12.7. The van der Waals surface area contributed by atoms with E-state index in [0.29, 0.717) is 18.9 Å². The van der Waals surface area contributed by atoms with Gasteiger partial charge in [-0.15, -0.1) is 0 Å². The molecule has 3 rings (SSSR count). The Hall–Kier alpha value is -2.85. The van der Waals surface area contributed by atoms with Crippen LogP contribution in [0.1, 0.15) is 60.8 Å². The average molecular weight is 454 g/mol. The van der Waals surface area contributed by atoms with Crippen molar-refractivity contribution in [3.8, 4) is 0 Å². The fraction of sp³-hybridized carbons (Fsp3) is 0.333. The van der Waals surface area contributed by atoms with Crippen LogP contribution in [0.4, 0.5) is 0 Å². The Morgan fingerprint density at radius 2 is 1.91 bits per heavy atom. The van der Waals surface area contributed by atoms with Gasteiger partial charge in [0.2, 0.25) is 0 Å². The van der Waals surface area contributed by atoms with E-state index in [-0.39, 0.29) is 16.1 Å². The van der Waals surface area contributed by atoms with Crippen molar-refractivity contribution < 1.29 is 9.90 Å². The van der Waals surface area contributed by atoms with E-state index in [1.54, 1.807) is 34.9 Å². The molecule has 0 aliphatic heterocycles. The number of carboxylic acid groups (broad SMARTS) is 1. The first-order chi connectivity index (χ1) is 15.3. The molecular formula is C27H32ClNO3. The van der Waals surface area contributed by atoms with Crippen LogP contribution in [0.25, 0.3) is 6.08 Å². The number of hydrogen-bond donors (Lipinski definition) is 1. The maximum absolute atomic E-state index is 12.7. The van der Waals surface area contributed by atoms with Crippen molar-refractivity contribution in [3.05, 3.63) is 98.0 Å². The van der Waals surface area contributed by atoms with Gasteiger partial charge in [0.1, 0.15) is 5.02 Å². The van der Waals surface area contributed by atoms with Crippen LogP contribution in [0.2, 0.25) is 5.02 Å². The Kier molecular flexibility index (Phi) is 9.73. The van der Waals surface area contributed by atoms with Crippen LogP contribution >= 0.6 is 11.6 Å². The fourth-order valence-corrected chi connectivity index (χ4v) is 3.81. The standard InChI is InChI=1S/C25H26ClNO3.C2H6/c1-17-4-3-5-19(7-6-17)10-13-23-18(2)16-22(26)24(28)27(23)15-14-20-8-11-21(12-9-20)25(29)30;1-2/h3-5,8-13,16-17H,6-7,14-15H2,1-2H3,(H,29,30);1-2H3/b13-10+;. The molecule has 0 saturated carbocycles. The van der Waals surface area contributed by atoms with E-state index in [2.05, 4.69) is 31.2 Å². The lowest BCUT2D eigenvalue weighted by Gasteiger charge is -2.14. The van der Waals surface area contributed by atoms with Crippen molar-refractivity contribution in [2.45, 2.75) is 53.5 Å². The largest absolute Gasteiger partial charge is 0.478 e. The number of aromatic nitrogens is 1.